The van der Waals surface area contributed by atoms with Crippen LogP contribution < -0.4 is 9.47 Å². The quantitative estimate of drug-likeness (QED) is 0.519. The van der Waals surface area contributed by atoms with E-state index in [0.29, 0.717) is 27.6 Å². The molecular formula is C16H13ClN2O3. The lowest BCUT2D eigenvalue weighted by atomic mass is 10.1. The lowest BCUT2D eigenvalue weighted by molar-refractivity contribution is 0.284. The van der Waals surface area contributed by atoms with Gasteiger partial charge in [0.15, 0.2) is 11.5 Å². The molecule has 2 rings (SSSR count). The van der Waals surface area contributed by atoms with Crippen molar-refractivity contribution in [3.05, 3.63) is 58.1 Å². The number of hydrogen-bond donors (Lipinski definition) is 1. The maximum absolute atomic E-state index is 9.07. The Morgan fingerprint density at radius 2 is 2.14 bits per heavy atom. The summed E-state index contributed by atoms with van der Waals surface area (Å²) in [5, 5.41) is 20.9. The van der Waals surface area contributed by atoms with E-state index in [1.165, 1.54) is 13.3 Å². The lowest BCUT2D eigenvalue weighted by Gasteiger charge is -2.13. The van der Waals surface area contributed by atoms with Crippen molar-refractivity contribution < 1.29 is 14.7 Å². The molecule has 0 unspecified atom stereocenters. The van der Waals surface area contributed by atoms with Gasteiger partial charge >= 0.3 is 0 Å². The first-order valence-electron chi connectivity index (χ1n) is 6.35. The van der Waals surface area contributed by atoms with Crippen molar-refractivity contribution in [1.82, 2.24) is 0 Å². The molecule has 0 saturated carbocycles. The van der Waals surface area contributed by atoms with Gasteiger partial charge in [-0.1, -0.05) is 35.0 Å². The maximum atomic E-state index is 9.07. The van der Waals surface area contributed by atoms with Gasteiger partial charge < -0.3 is 14.7 Å². The van der Waals surface area contributed by atoms with Crippen LogP contribution in [0.1, 0.15) is 16.7 Å². The molecule has 0 aliphatic rings. The Bertz CT molecular complexity index is 739. The Kier molecular flexibility index (Phi) is 5.23. The third-order valence-corrected chi connectivity index (χ3v) is 3.25. The molecule has 0 aliphatic carbocycles. The summed E-state index contributed by atoms with van der Waals surface area (Å²) in [7, 11) is 1.49. The average molecular weight is 317 g/mol. The van der Waals surface area contributed by atoms with Gasteiger partial charge in [-0.25, -0.2) is 0 Å². The first-order valence-corrected chi connectivity index (χ1v) is 6.73. The Balaban J connectivity index is 2.28. The van der Waals surface area contributed by atoms with E-state index in [2.05, 4.69) is 11.2 Å². The van der Waals surface area contributed by atoms with Crippen LogP contribution in [0.25, 0.3) is 0 Å². The van der Waals surface area contributed by atoms with E-state index in [1.54, 1.807) is 24.3 Å². The van der Waals surface area contributed by atoms with Gasteiger partial charge in [0, 0.05) is 11.1 Å². The van der Waals surface area contributed by atoms with Crippen molar-refractivity contribution in [1.29, 1.82) is 5.26 Å². The van der Waals surface area contributed by atoms with Crippen molar-refractivity contribution in [2.45, 2.75) is 6.61 Å². The summed E-state index contributed by atoms with van der Waals surface area (Å²) in [6, 6.07) is 12.5. The molecule has 0 aliphatic heterocycles. The summed E-state index contributed by atoms with van der Waals surface area (Å²) >= 11 is 6.18. The van der Waals surface area contributed by atoms with E-state index in [9.17, 15) is 0 Å². The van der Waals surface area contributed by atoms with Gasteiger partial charge in [-0.3, -0.25) is 0 Å². The van der Waals surface area contributed by atoms with Crippen LogP contribution in [-0.4, -0.2) is 18.5 Å². The summed E-state index contributed by atoms with van der Waals surface area (Å²) < 4.78 is 10.9. The number of nitrogens with zero attached hydrogens (tertiary/aromatic N) is 2. The molecule has 6 heteroatoms. The Morgan fingerprint density at radius 3 is 2.82 bits per heavy atom. The number of nitriles is 1. The first-order chi connectivity index (χ1) is 10.7. The van der Waals surface area contributed by atoms with Crippen LogP contribution in [0, 0.1) is 11.3 Å². The minimum Gasteiger partial charge on any atom is -0.493 e. The smallest absolute Gasteiger partial charge is 0.180 e. The van der Waals surface area contributed by atoms with E-state index in [4.69, 9.17) is 31.5 Å². The minimum absolute atomic E-state index is 0.188. The molecule has 2 aromatic rings. The Morgan fingerprint density at radius 1 is 1.36 bits per heavy atom. The van der Waals surface area contributed by atoms with Gasteiger partial charge in [0.2, 0.25) is 0 Å². The van der Waals surface area contributed by atoms with Gasteiger partial charge in [0.1, 0.15) is 6.61 Å². The number of rotatable bonds is 5. The van der Waals surface area contributed by atoms with Crippen molar-refractivity contribution in [2.75, 3.05) is 7.11 Å². The average Bonchev–Trinajstić information content (AvgIpc) is 2.54. The van der Waals surface area contributed by atoms with E-state index in [-0.39, 0.29) is 6.61 Å². The fourth-order valence-electron chi connectivity index (χ4n) is 1.93. The zero-order valence-electron chi connectivity index (χ0n) is 11.8. The van der Waals surface area contributed by atoms with Crippen molar-refractivity contribution in [2.24, 2.45) is 5.16 Å². The van der Waals surface area contributed by atoms with Crippen LogP contribution in [0.5, 0.6) is 11.5 Å². The molecule has 112 valence electrons. The highest BCUT2D eigenvalue weighted by Gasteiger charge is 2.12. The third kappa shape index (κ3) is 3.48. The zero-order chi connectivity index (χ0) is 15.9. The molecule has 22 heavy (non-hydrogen) atoms. The molecule has 0 atom stereocenters. The number of benzene rings is 2. The topological polar surface area (TPSA) is 74.8 Å². The number of hydrogen-bond acceptors (Lipinski definition) is 5. The van der Waals surface area contributed by atoms with Crippen molar-refractivity contribution in [3.63, 3.8) is 0 Å². The second-order valence-electron chi connectivity index (χ2n) is 4.34. The summed E-state index contributed by atoms with van der Waals surface area (Å²) in [6.45, 7) is 0.188. The number of oxime groups is 1. The SMILES string of the molecule is COc1cc(/C=N\O)cc(Cl)c1OCc1ccccc1C#N. The van der Waals surface area contributed by atoms with E-state index in [1.807, 2.05) is 12.1 Å². The van der Waals surface area contributed by atoms with E-state index >= 15 is 0 Å². The number of ether oxygens (including phenoxy) is 2. The van der Waals surface area contributed by atoms with Crippen LogP contribution in [0.3, 0.4) is 0 Å². The van der Waals surface area contributed by atoms with E-state index in [0.717, 1.165) is 5.56 Å². The maximum Gasteiger partial charge on any atom is 0.180 e. The summed E-state index contributed by atoms with van der Waals surface area (Å²) in [5.74, 6) is 0.781. The molecule has 0 fully saturated rings. The summed E-state index contributed by atoms with van der Waals surface area (Å²) in [4.78, 5) is 0. The van der Waals surface area contributed by atoms with Crippen molar-refractivity contribution in [3.8, 4) is 17.6 Å². The second-order valence-corrected chi connectivity index (χ2v) is 4.74. The largest absolute Gasteiger partial charge is 0.493 e. The molecular weight excluding hydrogens is 304 g/mol. The molecule has 5 nitrogen and oxygen atoms in total. The molecule has 1 N–H and O–H groups in total. The van der Waals surface area contributed by atoms with Gasteiger partial charge in [0.05, 0.1) is 30.0 Å². The van der Waals surface area contributed by atoms with Gasteiger partial charge in [-0.15, -0.1) is 0 Å². The number of halogens is 1. The molecule has 0 saturated heterocycles. The highest BCUT2D eigenvalue weighted by Crippen LogP contribution is 2.36. The summed E-state index contributed by atoms with van der Waals surface area (Å²) in [6.07, 6.45) is 1.24. The van der Waals surface area contributed by atoms with Crippen LogP contribution in [0.15, 0.2) is 41.6 Å². The van der Waals surface area contributed by atoms with E-state index < -0.39 is 0 Å². The second kappa shape index (κ2) is 7.34. The Hall–Kier alpha value is -2.71. The molecule has 0 radical (unpaired) electrons. The molecule has 0 aromatic heterocycles. The van der Waals surface area contributed by atoms with Gasteiger partial charge in [0.25, 0.3) is 0 Å². The fraction of sp³-hybridized carbons (Fsp3) is 0.125. The molecule has 0 heterocycles. The van der Waals surface area contributed by atoms with Gasteiger partial charge in [-0.05, 0) is 18.2 Å². The van der Waals surface area contributed by atoms with Crippen molar-refractivity contribution >= 4 is 17.8 Å². The lowest BCUT2D eigenvalue weighted by Crippen LogP contribution is -2.01. The molecule has 0 spiro atoms. The zero-order valence-corrected chi connectivity index (χ0v) is 12.5. The Labute approximate surface area is 133 Å². The minimum atomic E-state index is 0.188. The summed E-state index contributed by atoms with van der Waals surface area (Å²) in [5.41, 5.74) is 1.87. The monoisotopic (exact) mass is 316 g/mol. The highest BCUT2D eigenvalue weighted by molar-refractivity contribution is 6.32. The molecule has 0 bridgehead atoms. The molecule has 0 amide bonds. The third-order valence-electron chi connectivity index (χ3n) is 2.97. The normalized spacial score (nSPS) is 10.4. The fourth-order valence-corrected chi connectivity index (χ4v) is 2.20. The van der Waals surface area contributed by atoms with Crippen LogP contribution >= 0.6 is 11.6 Å². The standard InChI is InChI=1S/C16H13ClN2O3/c1-21-15-7-11(9-19-20)6-14(17)16(15)22-10-13-5-3-2-4-12(13)8-18/h2-7,9,20H,10H2,1H3/b19-9-. The van der Waals surface area contributed by atoms with Crippen LogP contribution in [0.2, 0.25) is 5.02 Å². The first kappa shape index (κ1) is 15.7. The highest BCUT2D eigenvalue weighted by atomic mass is 35.5. The van der Waals surface area contributed by atoms with Crippen LogP contribution in [-0.2, 0) is 6.61 Å². The van der Waals surface area contributed by atoms with Crippen LogP contribution in [0.4, 0.5) is 0 Å². The molecule has 2 aromatic carbocycles. The van der Waals surface area contributed by atoms with Gasteiger partial charge in [-0.2, -0.15) is 5.26 Å². The predicted octanol–water partition coefficient (Wildman–Crippen LogP) is 3.61. The predicted molar refractivity (Wildman–Crippen MR) is 82.9 cm³/mol. The number of methoxy groups -OCH3 is 1.